The Kier molecular flexibility index (Phi) is 11.1. The molecular formula is C33H34BrN3O7S. The van der Waals surface area contributed by atoms with Gasteiger partial charge in [0.1, 0.15) is 13.2 Å². The lowest BCUT2D eigenvalue weighted by Gasteiger charge is -2.24. The molecule has 0 unspecified atom stereocenters. The van der Waals surface area contributed by atoms with Crippen LogP contribution >= 0.6 is 15.9 Å². The largest absolute Gasteiger partial charge is 0.493 e. The molecule has 236 valence electrons. The Morgan fingerprint density at radius 3 is 2.09 bits per heavy atom. The van der Waals surface area contributed by atoms with E-state index in [2.05, 4.69) is 26.5 Å². The van der Waals surface area contributed by atoms with E-state index in [0.29, 0.717) is 39.6 Å². The van der Waals surface area contributed by atoms with Crippen LogP contribution in [-0.2, 0) is 21.4 Å². The maximum atomic E-state index is 13.7. The molecule has 4 aromatic rings. The Morgan fingerprint density at radius 2 is 1.47 bits per heavy atom. The van der Waals surface area contributed by atoms with Crippen molar-refractivity contribution in [2.24, 2.45) is 5.10 Å². The van der Waals surface area contributed by atoms with E-state index in [9.17, 15) is 13.2 Å². The van der Waals surface area contributed by atoms with Crippen LogP contribution in [0.1, 0.15) is 22.3 Å². The maximum absolute atomic E-state index is 13.7. The van der Waals surface area contributed by atoms with E-state index in [1.807, 2.05) is 38.1 Å². The van der Waals surface area contributed by atoms with Crippen molar-refractivity contribution in [3.63, 3.8) is 0 Å². The minimum Gasteiger partial charge on any atom is -0.493 e. The van der Waals surface area contributed by atoms with Gasteiger partial charge in [-0.3, -0.25) is 9.10 Å². The molecule has 0 fully saturated rings. The molecule has 0 aliphatic carbocycles. The van der Waals surface area contributed by atoms with Crippen LogP contribution in [0.25, 0.3) is 0 Å². The molecule has 0 aromatic heterocycles. The van der Waals surface area contributed by atoms with Gasteiger partial charge < -0.3 is 18.9 Å². The third-order valence-electron chi connectivity index (χ3n) is 6.71. The Labute approximate surface area is 271 Å². The van der Waals surface area contributed by atoms with E-state index < -0.39 is 22.5 Å². The van der Waals surface area contributed by atoms with Gasteiger partial charge in [-0.25, -0.2) is 13.8 Å². The summed E-state index contributed by atoms with van der Waals surface area (Å²) in [6, 6.07) is 22.5. The monoisotopic (exact) mass is 695 g/mol. The average Bonchev–Trinajstić information content (AvgIpc) is 3.03. The first kappa shape index (κ1) is 33.3. The van der Waals surface area contributed by atoms with Crippen LogP contribution in [0, 0.1) is 13.8 Å². The summed E-state index contributed by atoms with van der Waals surface area (Å²) in [7, 11) is 0.299. The minimum absolute atomic E-state index is 0.0285. The van der Waals surface area contributed by atoms with E-state index in [4.69, 9.17) is 18.9 Å². The van der Waals surface area contributed by atoms with Crippen molar-refractivity contribution >= 4 is 43.8 Å². The summed E-state index contributed by atoms with van der Waals surface area (Å²) in [6.07, 6.45) is 1.42. The predicted molar refractivity (Wildman–Crippen MR) is 177 cm³/mol. The SMILES string of the molecule is COc1ccc(N(CC(=O)N/N=C\c2cc(Br)c(OCc3ccc(C)cc3)c(OC)c2)S(=O)(=O)c2ccc(C)cc2)cc1OC. The first-order chi connectivity index (χ1) is 21.5. The van der Waals surface area contributed by atoms with Crippen molar-refractivity contribution in [3.05, 3.63) is 106 Å². The molecule has 0 spiro atoms. The van der Waals surface area contributed by atoms with Crippen molar-refractivity contribution in [2.75, 3.05) is 32.2 Å². The molecule has 4 aromatic carbocycles. The summed E-state index contributed by atoms with van der Waals surface area (Å²) in [4.78, 5) is 13.1. The van der Waals surface area contributed by atoms with Crippen LogP contribution in [0.3, 0.4) is 0 Å². The number of sulfonamides is 1. The number of anilines is 1. The molecule has 12 heteroatoms. The number of carbonyl (C=O) groups excluding carboxylic acids is 1. The zero-order chi connectivity index (χ0) is 32.6. The van der Waals surface area contributed by atoms with E-state index in [-0.39, 0.29) is 10.6 Å². The molecule has 1 amide bonds. The van der Waals surface area contributed by atoms with Crippen molar-refractivity contribution < 1.29 is 32.2 Å². The molecule has 0 aliphatic heterocycles. The third-order valence-corrected chi connectivity index (χ3v) is 9.09. The van der Waals surface area contributed by atoms with Gasteiger partial charge in [-0.15, -0.1) is 0 Å². The van der Waals surface area contributed by atoms with Gasteiger partial charge in [0.05, 0.1) is 42.6 Å². The highest BCUT2D eigenvalue weighted by Crippen LogP contribution is 2.37. The number of hydrogen-bond acceptors (Lipinski definition) is 8. The predicted octanol–water partition coefficient (Wildman–Crippen LogP) is 6.02. The highest BCUT2D eigenvalue weighted by atomic mass is 79.9. The van der Waals surface area contributed by atoms with Gasteiger partial charge in [-0.2, -0.15) is 5.10 Å². The number of rotatable bonds is 13. The lowest BCUT2D eigenvalue weighted by atomic mass is 10.2. The number of carbonyl (C=O) groups is 1. The van der Waals surface area contributed by atoms with Crippen molar-refractivity contribution in [3.8, 4) is 23.0 Å². The molecule has 0 atom stereocenters. The number of amides is 1. The quantitative estimate of drug-likeness (QED) is 0.134. The molecule has 1 N–H and O–H groups in total. The fourth-order valence-corrected chi connectivity index (χ4v) is 6.26. The summed E-state index contributed by atoms with van der Waals surface area (Å²) in [5.74, 6) is 1.04. The summed E-state index contributed by atoms with van der Waals surface area (Å²) >= 11 is 3.53. The molecule has 0 heterocycles. The number of ether oxygens (including phenoxy) is 4. The highest BCUT2D eigenvalue weighted by Gasteiger charge is 2.28. The average molecular weight is 697 g/mol. The Hall–Kier alpha value is -4.55. The van der Waals surface area contributed by atoms with Gasteiger partial charge in [0, 0.05) is 6.07 Å². The number of nitrogens with zero attached hydrogens (tertiary/aromatic N) is 2. The van der Waals surface area contributed by atoms with Crippen molar-refractivity contribution in [1.29, 1.82) is 0 Å². The van der Waals surface area contributed by atoms with Crippen molar-refractivity contribution in [1.82, 2.24) is 5.43 Å². The van der Waals surface area contributed by atoms with E-state index in [1.54, 1.807) is 30.3 Å². The molecule has 0 bridgehead atoms. The minimum atomic E-state index is -4.15. The fraction of sp³-hybridized carbons (Fsp3) is 0.212. The number of hydrazone groups is 1. The standard InChI is InChI=1S/C33H34BrN3O7S/c1-22-6-10-24(11-7-22)21-44-33-28(34)16-25(17-31(33)43-5)19-35-36-32(38)20-37(26-12-15-29(41-3)30(18-26)42-4)45(39,40)27-13-8-23(2)9-14-27/h6-19H,20-21H2,1-5H3,(H,36,38)/b35-19-. The summed E-state index contributed by atoms with van der Waals surface area (Å²) in [6.45, 7) is 3.67. The molecule has 0 saturated heterocycles. The Morgan fingerprint density at radius 1 is 0.844 bits per heavy atom. The van der Waals surface area contributed by atoms with Crippen LogP contribution in [-0.4, -0.2) is 48.4 Å². The molecule has 45 heavy (non-hydrogen) atoms. The van der Waals surface area contributed by atoms with Crippen LogP contribution in [0.15, 0.2) is 93.3 Å². The maximum Gasteiger partial charge on any atom is 0.264 e. The van der Waals surface area contributed by atoms with Crippen LogP contribution in [0.2, 0.25) is 0 Å². The Balaban J connectivity index is 1.52. The van der Waals surface area contributed by atoms with E-state index in [1.165, 1.54) is 51.8 Å². The fourth-order valence-electron chi connectivity index (χ4n) is 4.27. The molecule has 10 nitrogen and oxygen atoms in total. The van der Waals surface area contributed by atoms with Gasteiger partial charge in [-0.05, 0) is 77.3 Å². The van der Waals surface area contributed by atoms with Gasteiger partial charge in [0.15, 0.2) is 23.0 Å². The summed E-state index contributed by atoms with van der Waals surface area (Å²) in [5.41, 5.74) is 6.30. The second-order valence-corrected chi connectivity index (χ2v) is 12.7. The molecule has 4 rings (SSSR count). The second-order valence-electron chi connectivity index (χ2n) is 9.97. The number of halogens is 1. The lowest BCUT2D eigenvalue weighted by Crippen LogP contribution is -2.39. The molecular weight excluding hydrogens is 662 g/mol. The zero-order valence-corrected chi connectivity index (χ0v) is 27.9. The normalized spacial score (nSPS) is 11.2. The smallest absolute Gasteiger partial charge is 0.264 e. The van der Waals surface area contributed by atoms with Crippen molar-refractivity contribution in [2.45, 2.75) is 25.3 Å². The number of methoxy groups -OCH3 is 3. The first-order valence-corrected chi connectivity index (χ1v) is 16.0. The van der Waals surface area contributed by atoms with E-state index >= 15 is 0 Å². The first-order valence-electron chi connectivity index (χ1n) is 13.7. The van der Waals surface area contributed by atoms with Gasteiger partial charge in [0.2, 0.25) is 0 Å². The number of aryl methyl sites for hydroxylation is 2. The summed E-state index contributed by atoms with van der Waals surface area (Å²) in [5, 5.41) is 4.06. The lowest BCUT2D eigenvalue weighted by molar-refractivity contribution is -0.119. The number of nitrogens with one attached hydrogen (secondary N) is 1. The van der Waals surface area contributed by atoms with Gasteiger partial charge in [-0.1, -0.05) is 47.5 Å². The van der Waals surface area contributed by atoms with Crippen LogP contribution in [0.5, 0.6) is 23.0 Å². The van der Waals surface area contributed by atoms with Crippen LogP contribution < -0.4 is 28.7 Å². The zero-order valence-electron chi connectivity index (χ0n) is 25.5. The number of benzene rings is 4. The topological polar surface area (TPSA) is 116 Å². The molecule has 0 aliphatic rings. The Bertz CT molecular complexity index is 1780. The second kappa shape index (κ2) is 15.0. The highest BCUT2D eigenvalue weighted by molar-refractivity contribution is 9.10. The van der Waals surface area contributed by atoms with Gasteiger partial charge in [0.25, 0.3) is 15.9 Å². The summed E-state index contributed by atoms with van der Waals surface area (Å²) < 4.78 is 51.3. The molecule has 0 saturated carbocycles. The molecule has 0 radical (unpaired) electrons. The van der Waals surface area contributed by atoms with Gasteiger partial charge >= 0.3 is 0 Å². The number of hydrogen-bond donors (Lipinski definition) is 1. The van der Waals surface area contributed by atoms with Crippen LogP contribution in [0.4, 0.5) is 5.69 Å². The third kappa shape index (κ3) is 8.34. The van der Waals surface area contributed by atoms with E-state index in [0.717, 1.165) is 21.0 Å².